The van der Waals surface area contributed by atoms with E-state index in [2.05, 4.69) is 31.2 Å². The van der Waals surface area contributed by atoms with E-state index in [1.807, 2.05) is 0 Å². The van der Waals surface area contributed by atoms with Gasteiger partial charge in [0.1, 0.15) is 7.14 Å². The Morgan fingerprint density at radius 1 is 0.857 bits per heavy atom. The molecule has 0 amide bonds. The summed E-state index contributed by atoms with van der Waals surface area (Å²) in [4.78, 5) is 0. The SMILES string of the molecule is Cc1cccc(P(=O)(C2CCCCC2)C2CCCCC2)c1. The van der Waals surface area contributed by atoms with E-state index in [1.165, 1.54) is 75.1 Å². The molecule has 1 aromatic carbocycles. The lowest BCUT2D eigenvalue weighted by Crippen LogP contribution is -2.29. The van der Waals surface area contributed by atoms with Crippen molar-refractivity contribution >= 4 is 12.4 Å². The number of hydrogen-bond donors (Lipinski definition) is 0. The van der Waals surface area contributed by atoms with Gasteiger partial charge in [0.25, 0.3) is 0 Å². The molecule has 0 spiro atoms. The van der Waals surface area contributed by atoms with Gasteiger partial charge in [0.05, 0.1) is 0 Å². The van der Waals surface area contributed by atoms with Crippen LogP contribution in [-0.4, -0.2) is 11.3 Å². The van der Waals surface area contributed by atoms with Crippen LogP contribution < -0.4 is 5.30 Å². The second-order valence-electron chi connectivity index (χ2n) is 7.13. The van der Waals surface area contributed by atoms with Crippen LogP contribution in [0.1, 0.15) is 69.8 Å². The molecule has 0 radical (unpaired) electrons. The first kappa shape index (κ1) is 15.3. The van der Waals surface area contributed by atoms with Crippen molar-refractivity contribution in [3.8, 4) is 0 Å². The molecule has 1 aromatic rings. The Morgan fingerprint density at radius 2 is 1.38 bits per heavy atom. The quantitative estimate of drug-likeness (QED) is 0.660. The average molecular weight is 304 g/mol. The number of rotatable bonds is 3. The van der Waals surface area contributed by atoms with Gasteiger partial charge in [0, 0.05) is 16.6 Å². The monoisotopic (exact) mass is 304 g/mol. The summed E-state index contributed by atoms with van der Waals surface area (Å²) in [5, 5.41) is 1.20. The molecule has 0 aliphatic heterocycles. The van der Waals surface area contributed by atoms with E-state index >= 15 is 0 Å². The summed E-state index contributed by atoms with van der Waals surface area (Å²) in [7, 11) is -2.25. The highest BCUT2D eigenvalue weighted by Gasteiger charge is 2.42. The van der Waals surface area contributed by atoms with E-state index in [4.69, 9.17) is 0 Å². The molecule has 0 bridgehead atoms. The predicted octanol–water partition coefficient (Wildman–Crippen LogP) is 5.65. The van der Waals surface area contributed by atoms with Gasteiger partial charge >= 0.3 is 0 Å². The average Bonchev–Trinajstić information content (AvgIpc) is 2.56. The number of aryl methyl sites for hydroxylation is 1. The number of benzene rings is 1. The van der Waals surface area contributed by atoms with E-state index in [-0.39, 0.29) is 0 Å². The minimum Gasteiger partial charge on any atom is -0.318 e. The van der Waals surface area contributed by atoms with Gasteiger partial charge in [0.2, 0.25) is 0 Å². The molecule has 2 fully saturated rings. The molecular weight excluding hydrogens is 275 g/mol. The number of hydrogen-bond acceptors (Lipinski definition) is 1. The molecular formula is C19H29OP. The summed E-state index contributed by atoms with van der Waals surface area (Å²) in [6.07, 6.45) is 12.6. The molecule has 0 unspecified atom stereocenters. The molecule has 0 atom stereocenters. The second-order valence-corrected chi connectivity index (χ2v) is 10.5. The fourth-order valence-corrected chi connectivity index (χ4v) is 8.92. The third-order valence-corrected chi connectivity index (χ3v) is 9.93. The van der Waals surface area contributed by atoms with Crippen molar-refractivity contribution in [2.24, 2.45) is 0 Å². The van der Waals surface area contributed by atoms with Crippen molar-refractivity contribution in [1.82, 2.24) is 0 Å². The highest BCUT2D eigenvalue weighted by atomic mass is 31.2. The smallest absolute Gasteiger partial charge is 0.121 e. The molecule has 0 heterocycles. The molecule has 2 heteroatoms. The zero-order valence-corrected chi connectivity index (χ0v) is 14.3. The summed E-state index contributed by atoms with van der Waals surface area (Å²) in [6.45, 7) is 2.13. The van der Waals surface area contributed by atoms with Crippen LogP contribution in [0.25, 0.3) is 0 Å². The Kier molecular flexibility index (Phi) is 4.89. The fraction of sp³-hybridized carbons (Fsp3) is 0.684. The van der Waals surface area contributed by atoms with Gasteiger partial charge in [-0.25, -0.2) is 0 Å². The van der Waals surface area contributed by atoms with Crippen molar-refractivity contribution in [2.45, 2.75) is 82.4 Å². The summed E-state index contributed by atoms with van der Waals surface area (Å²) in [6, 6.07) is 8.64. The van der Waals surface area contributed by atoms with E-state index in [0.717, 1.165) is 0 Å². The molecule has 0 aromatic heterocycles. The Hall–Kier alpha value is -0.550. The first-order valence-electron chi connectivity index (χ1n) is 8.88. The molecule has 2 aliphatic carbocycles. The van der Waals surface area contributed by atoms with Crippen molar-refractivity contribution in [3.05, 3.63) is 29.8 Å². The minimum atomic E-state index is -2.25. The second kappa shape index (κ2) is 6.69. The highest BCUT2D eigenvalue weighted by molar-refractivity contribution is 7.73. The van der Waals surface area contributed by atoms with Gasteiger partial charge < -0.3 is 4.57 Å². The van der Waals surface area contributed by atoms with Gasteiger partial charge in [-0.3, -0.25) is 0 Å². The molecule has 1 nitrogen and oxygen atoms in total. The lowest BCUT2D eigenvalue weighted by molar-refractivity contribution is 0.452. The van der Waals surface area contributed by atoms with Crippen molar-refractivity contribution in [3.63, 3.8) is 0 Å². The summed E-state index contributed by atoms with van der Waals surface area (Å²) in [5.74, 6) is 0. The van der Waals surface area contributed by atoms with Crippen LogP contribution in [-0.2, 0) is 4.57 Å². The van der Waals surface area contributed by atoms with Crippen LogP contribution in [0.4, 0.5) is 0 Å². The Labute approximate surface area is 129 Å². The molecule has 0 N–H and O–H groups in total. The maximum Gasteiger partial charge on any atom is 0.121 e. The van der Waals surface area contributed by atoms with Crippen LogP contribution in [0.15, 0.2) is 24.3 Å². The fourth-order valence-electron chi connectivity index (χ4n) is 4.49. The highest BCUT2D eigenvalue weighted by Crippen LogP contribution is 2.61. The molecule has 2 aliphatic rings. The zero-order valence-electron chi connectivity index (χ0n) is 13.4. The summed E-state index contributed by atoms with van der Waals surface area (Å²) in [5.41, 5.74) is 2.20. The Balaban J connectivity index is 1.98. The summed E-state index contributed by atoms with van der Waals surface area (Å²) >= 11 is 0. The lowest BCUT2D eigenvalue weighted by Gasteiger charge is -2.38. The lowest BCUT2D eigenvalue weighted by atomic mass is 9.99. The van der Waals surface area contributed by atoms with Crippen LogP contribution in [0.2, 0.25) is 0 Å². The minimum absolute atomic E-state index is 0.469. The molecule has 0 saturated heterocycles. The van der Waals surface area contributed by atoms with Crippen molar-refractivity contribution < 1.29 is 4.57 Å². The van der Waals surface area contributed by atoms with Gasteiger partial charge in [-0.2, -0.15) is 0 Å². The normalized spacial score (nSPS) is 22.3. The van der Waals surface area contributed by atoms with E-state index in [9.17, 15) is 4.57 Å². The first-order chi connectivity index (χ1) is 10.2. The van der Waals surface area contributed by atoms with Crippen LogP contribution in [0.5, 0.6) is 0 Å². The molecule has 116 valence electrons. The van der Waals surface area contributed by atoms with E-state index in [1.54, 1.807) is 0 Å². The van der Waals surface area contributed by atoms with Gasteiger partial charge in [-0.1, -0.05) is 62.3 Å². The maximum absolute atomic E-state index is 14.3. The topological polar surface area (TPSA) is 17.1 Å². The molecule has 21 heavy (non-hydrogen) atoms. The van der Waals surface area contributed by atoms with E-state index in [0.29, 0.717) is 11.3 Å². The van der Waals surface area contributed by atoms with E-state index < -0.39 is 7.14 Å². The summed E-state index contributed by atoms with van der Waals surface area (Å²) < 4.78 is 14.3. The largest absolute Gasteiger partial charge is 0.318 e. The molecule has 3 rings (SSSR count). The standard InChI is InChI=1S/C19H29OP/c1-16-9-8-14-19(15-16)21(20,17-10-4-2-5-11-17)18-12-6-3-7-13-18/h8-9,14-15,17-18H,2-7,10-13H2,1H3. The van der Waals surface area contributed by atoms with Gasteiger partial charge in [-0.15, -0.1) is 0 Å². The van der Waals surface area contributed by atoms with Gasteiger partial charge in [-0.05, 0) is 38.7 Å². The third kappa shape index (κ3) is 3.14. The zero-order chi connectivity index (χ0) is 14.7. The predicted molar refractivity (Wildman–Crippen MR) is 92.2 cm³/mol. The van der Waals surface area contributed by atoms with Crippen molar-refractivity contribution in [2.75, 3.05) is 0 Å². The van der Waals surface area contributed by atoms with Gasteiger partial charge in [0.15, 0.2) is 0 Å². The third-order valence-electron chi connectivity index (χ3n) is 5.64. The Bertz CT molecular complexity index is 488. The van der Waals surface area contributed by atoms with Crippen LogP contribution in [0, 0.1) is 6.92 Å². The Morgan fingerprint density at radius 3 is 1.86 bits per heavy atom. The maximum atomic E-state index is 14.3. The van der Waals surface area contributed by atoms with Crippen LogP contribution in [0.3, 0.4) is 0 Å². The van der Waals surface area contributed by atoms with Crippen LogP contribution >= 0.6 is 7.14 Å². The molecule has 2 saturated carbocycles. The van der Waals surface area contributed by atoms with Crippen molar-refractivity contribution in [1.29, 1.82) is 0 Å². The first-order valence-corrected chi connectivity index (χ1v) is 10.7.